The van der Waals surface area contributed by atoms with Crippen LogP contribution < -0.4 is 4.74 Å². The topological polar surface area (TPSA) is 29.5 Å². The number of benzene rings is 2. The van der Waals surface area contributed by atoms with E-state index >= 15 is 0 Å². The van der Waals surface area contributed by atoms with Gasteiger partial charge in [-0.15, -0.1) is 0 Å². The predicted molar refractivity (Wildman–Crippen MR) is 59.0 cm³/mol. The molecule has 3 heteroatoms. The third kappa shape index (κ3) is 2.58. The van der Waals surface area contributed by atoms with Crippen LogP contribution in [0, 0.1) is 0 Å². The minimum Gasteiger partial charge on any atom is -0.457 e. The molecule has 0 aliphatic carbocycles. The Balaban J connectivity index is 2.19. The summed E-state index contributed by atoms with van der Waals surface area (Å²) in [5.41, 5.74) is 0.188. The Morgan fingerprint density at radius 2 is 1.62 bits per heavy atom. The van der Waals surface area contributed by atoms with Crippen LogP contribution in [0.3, 0.4) is 0 Å². The van der Waals surface area contributed by atoms with Gasteiger partial charge in [-0.05, 0) is 24.3 Å². The molecule has 0 aliphatic heterocycles. The molecule has 82 valence electrons. The molecule has 0 amide bonds. The molecule has 0 heterocycles. The zero-order valence-electron chi connectivity index (χ0n) is 8.51. The first-order chi connectivity index (χ1) is 7.75. The highest BCUT2D eigenvalue weighted by Gasteiger charge is 2.05. The van der Waals surface area contributed by atoms with Gasteiger partial charge in [0.25, 0.3) is 0 Å². The molecule has 0 radical (unpaired) electrons. The highest BCUT2D eigenvalue weighted by molar-refractivity contribution is 5.34. The van der Waals surface area contributed by atoms with E-state index in [4.69, 9.17) is 9.84 Å². The fourth-order valence-corrected chi connectivity index (χ4v) is 1.35. The maximum absolute atomic E-state index is 12.7. The first-order valence-electron chi connectivity index (χ1n) is 4.91. The number of ether oxygens (including phenoxy) is 1. The molecule has 0 fully saturated rings. The Morgan fingerprint density at radius 3 is 2.31 bits per heavy atom. The molecular formula is C13H11FO2. The van der Waals surface area contributed by atoms with E-state index < -0.39 is 6.36 Å². The molecule has 1 N–H and O–H groups in total. The Morgan fingerprint density at radius 1 is 0.938 bits per heavy atom. The first-order valence-corrected chi connectivity index (χ1v) is 4.91. The van der Waals surface area contributed by atoms with Crippen molar-refractivity contribution in [3.63, 3.8) is 0 Å². The third-order valence-corrected chi connectivity index (χ3v) is 2.11. The lowest BCUT2D eigenvalue weighted by atomic mass is 10.2. The number of rotatable bonds is 3. The zero-order chi connectivity index (χ0) is 11.4. The Bertz CT molecular complexity index is 454. The second-order valence-corrected chi connectivity index (χ2v) is 3.32. The van der Waals surface area contributed by atoms with Gasteiger partial charge in [0.15, 0.2) is 0 Å². The van der Waals surface area contributed by atoms with E-state index in [0.29, 0.717) is 11.5 Å². The summed E-state index contributed by atoms with van der Waals surface area (Å²) in [6.07, 6.45) is -1.97. The van der Waals surface area contributed by atoms with E-state index in [1.54, 1.807) is 24.3 Å². The standard InChI is InChI=1S/C13H11FO2/c14-13(15)10-5-4-8-12(9-10)16-11-6-2-1-3-7-11/h1-9,13,15H. The molecule has 0 saturated carbocycles. The number of hydrogen-bond acceptors (Lipinski definition) is 2. The maximum Gasteiger partial charge on any atom is 0.222 e. The summed E-state index contributed by atoms with van der Waals surface area (Å²) >= 11 is 0. The van der Waals surface area contributed by atoms with Gasteiger partial charge in [-0.2, -0.15) is 0 Å². The van der Waals surface area contributed by atoms with Gasteiger partial charge in [-0.3, -0.25) is 0 Å². The summed E-state index contributed by atoms with van der Waals surface area (Å²) in [4.78, 5) is 0. The third-order valence-electron chi connectivity index (χ3n) is 2.11. The largest absolute Gasteiger partial charge is 0.457 e. The van der Waals surface area contributed by atoms with Crippen molar-refractivity contribution in [1.29, 1.82) is 0 Å². The van der Waals surface area contributed by atoms with E-state index in [2.05, 4.69) is 0 Å². The van der Waals surface area contributed by atoms with Crippen molar-refractivity contribution in [1.82, 2.24) is 0 Å². The van der Waals surface area contributed by atoms with Gasteiger partial charge in [-0.25, -0.2) is 4.39 Å². The summed E-state index contributed by atoms with van der Waals surface area (Å²) in [6, 6.07) is 15.5. The molecule has 16 heavy (non-hydrogen) atoms. The number of aliphatic hydroxyl groups excluding tert-OH is 1. The van der Waals surface area contributed by atoms with Crippen molar-refractivity contribution < 1.29 is 14.2 Å². The van der Waals surface area contributed by atoms with Crippen LogP contribution in [0.5, 0.6) is 11.5 Å². The van der Waals surface area contributed by atoms with Crippen molar-refractivity contribution in [3.05, 3.63) is 60.2 Å². The second-order valence-electron chi connectivity index (χ2n) is 3.32. The first kappa shape index (κ1) is 10.6. The molecule has 0 aliphatic rings. The van der Waals surface area contributed by atoms with Crippen molar-refractivity contribution in [2.24, 2.45) is 0 Å². The minimum atomic E-state index is -1.97. The summed E-state index contributed by atoms with van der Waals surface area (Å²) in [7, 11) is 0. The van der Waals surface area contributed by atoms with E-state index in [9.17, 15) is 4.39 Å². The smallest absolute Gasteiger partial charge is 0.222 e. The van der Waals surface area contributed by atoms with Gasteiger partial charge >= 0.3 is 0 Å². The van der Waals surface area contributed by atoms with Crippen LogP contribution in [0.2, 0.25) is 0 Å². The number of halogens is 1. The summed E-state index contributed by atoms with van der Waals surface area (Å²) in [6.45, 7) is 0. The molecule has 0 aromatic heterocycles. The van der Waals surface area contributed by atoms with Gasteiger partial charge in [0.05, 0.1) is 0 Å². The molecule has 2 aromatic carbocycles. The highest BCUT2D eigenvalue weighted by atomic mass is 19.1. The maximum atomic E-state index is 12.7. The monoisotopic (exact) mass is 218 g/mol. The molecule has 2 aromatic rings. The van der Waals surface area contributed by atoms with Gasteiger partial charge in [0, 0.05) is 5.56 Å². The van der Waals surface area contributed by atoms with Crippen LogP contribution in [0.1, 0.15) is 11.9 Å². The highest BCUT2D eigenvalue weighted by Crippen LogP contribution is 2.24. The van der Waals surface area contributed by atoms with Crippen molar-refractivity contribution in [3.8, 4) is 11.5 Å². The van der Waals surface area contributed by atoms with Crippen LogP contribution in [0.25, 0.3) is 0 Å². The fraction of sp³-hybridized carbons (Fsp3) is 0.0769. The van der Waals surface area contributed by atoms with Gasteiger partial charge < -0.3 is 9.84 Å². The number of alkyl halides is 1. The molecule has 2 nitrogen and oxygen atoms in total. The van der Waals surface area contributed by atoms with Crippen molar-refractivity contribution in [2.45, 2.75) is 6.36 Å². The Hall–Kier alpha value is -1.87. The van der Waals surface area contributed by atoms with Crippen LogP contribution in [-0.2, 0) is 0 Å². The summed E-state index contributed by atoms with van der Waals surface area (Å²) in [5, 5.41) is 8.79. The van der Waals surface area contributed by atoms with E-state index in [1.807, 2.05) is 18.2 Å². The molecule has 2 rings (SSSR count). The normalized spacial score (nSPS) is 12.1. The number of hydrogen-bond donors (Lipinski definition) is 1. The lowest BCUT2D eigenvalue weighted by Gasteiger charge is -2.07. The quantitative estimate of drug-likeness (QED) is 0.855. The van der Waals surface area contributed by atoms with Crippen molar-refractivity contribution in [2.75, 3.05) is 0 Å². The lowest BCUT2D eigenvalue weighted by Crippen LogP contribution is -1.90. The van der Waals surface area contributed by atoms with Gasteiger partial charge in [0.1, 0.15) is 11.5 Å². The summed E-state index contributed by atoms with van der Waals surface area (Å²) < 4.78 is 18.1. The minimum absolute atomic E-state index is 0.188. The molecule has 0 saturated heterocycles. The van der Waals surface area contributed by atoms with E-state index in [-0.39, 0.29) is 5.56 Å². The number of para-hydroxylation sites is 1. The lowest BCUT2D eigenvalue weighted by molar-refractivity contribution is 0.0409. The van der Waals surface area contributed by atoms with E-state index in [1.165, 1.54) is 12.1 Å². The molecule has 1 atom stereocenters. The zero-order valence-corrected chi connectivity index (χ0v) is 8.51. The van der Waals surface area contributed by atoms with Gasteiger partial charge in [0.2, 0.25) is 6.36 Å². The van der Waals surface area contributed by atoms with Crippen LogP contribution in [0.4, 0.5) is 4.39 Å². The van der Waals surface area contributed by atoms with Crippen LogP contribution in [-0.4, -0.2) is 5.11 Å². The molecule has 0 bridgehead atoms. The SMILES string of the molecule is OC(F)c1cccc(Oc2ccccc2)c1. The molecule has 0 spiro atoms. The Kier molecular flexibility index (Phi) is 3.17. The molecule has 1 unspecified atom stereocenters. The second kappa shape index (κ2) is 4.77. The van der Waals surface area contributed by atoms with Gasteiger partial charge in [-0.1, -0.05) is 30.3 Å². The molecular weight excluding hydrogens is 207 g/mol. The fourth-order valence-electron chi connectivity index (χ4n) is 1.35. The van der Waals surface area contributed by atoms with Crippen LogP contribution in [0.15, 0.2) is 54.6 Å². The average Bonchev–Trinajstić information content (AvgIpc) is 2.30. The van der Waals surface area contributed by atoms with Crippen LogP contribution >= 0.6 is 0 Å². The predicted octanol–water partition coefficient (Wildman–Crippen LogP) is 3.44. The Labute approximate surface area is 92.9 Å². The average molecular weight is 218 g/mol. The number of aliphatic hydroxyl groups is 1. The summed E-state index contributed by atoms with van der Waals surface area (Å²) in [5.74, 6) is 1.17. The van der Waals surface area contributed by atoms with E-state index in [0.717, 1.165) is 0 Å². The van der Waals surface area contributed by atoms with Crippen molar-refractivity contribution >= 4 is 0 Å².